The molecule has 0 aliphatic carbocycles. The third-order valence-electron chi connectivity index (χ3n) is 9.44. The minimum atomic E-state index is -0.817. The van der Waals surface area contributed by atoms with Gasteiger partial charge in [-0.3, -0.25) is 0 Å². The Bertz CT molecular complexity index is 477. The van der Waals surface area contributed by atoms with E-state index in [0.717, 1.165) is 13.2 Å². The van der Waals surface area contributed by atoms with E-state index in [9.17, 15) is 0 Å². The number of ether oxygens (including phenoxy) is 2. The second-order valence-electron chi connectivity index (χ2n) is 13.7. The summed E-state index contributed by atoms with van der Waals surface area (Å²) in [5, 5.41) is 0. The monoisotopic (exact) mass is 691 g/mol. The van der Waals surface area contributed by atoms with E-state index < -0.39 is 17.6 Å². The van der Waals surface area contributed by atoms with Crippen molar-refractivity contribution < 1.29 is 9.47 Å². The molecule has 2 atom stereocenters. The lowest BCUT2D eigenvalue weighted by atomic mass is 10.2. The van der Waals surface area contributed by atoms with Gasteiger partial charge < -0.3 is 9.47 Å². The van der Waals surface area contributed by atoms with Crippen molar-refractivity contribution in [1.29, 1.82) is 0 Å². The van der Waals surface area contributed by atoms with Crippen LogP contribution in [0.3, 0.4) is 0 Å². The van der Waals surface area contributed by atoms with E-state index in [0.29, 0.717) is 11.5 Å². The van der Waals surface area contributed by atoms with E-state index in [4.69, 9.17) is 9.47 Å². The lowest BCUT2D eigenvalue weighted by Gasteiger charge is -2.27. The van der Waals surface area contributed by atoms with Crippen LogP contribution in [0.5, 0.6) is 0 Å². The minimum absolute atomic E-state index is 0.636. The zero-order valence-electron chi connectivity index (χ0n) is 31.2. The van der Waals surface area contributed by atoms with Crippen molar-refractivity contribution in [1.82, 2.24) is 0 Å². The van der Waals surface area contributed by atoms with Crippen molar-refractivity contribution in [2.45, 2.75) is 218 Å². The van der Waals surface area contributed by atoms with E-state index in [1.807, 2.05) is 0 Å². The molecule has 0 amide bonds. The van der Waals surface area contributed by atoms with Gasteiger partial charge in [0, 0.05) is 36.2 Å². The minimum Gasteiger partial charge on any atom is -0.382 e. The molecule has 2 nitrogen and oxygen atoms in total. The van der Waals surface area contributed by atoms with E-state index in [2.05, 4.69) is 63.1 Å². The molecule has 0 aromatic heterocycles. The highest BCUT2D eigenvalue weighted by atomic mass is 33.1. The van der Waals surface area contributed by atoms with Crippen molar-refractivity contribution in [2.24, 2.45) is 0 Å². The van der Waals surface area contributed by atoms with Crippen molar-refractivity contribution in [3.63, 3.8) is 0 Å². The largest absolute Gasteiger partial charge is 0.382 e. The molecule has 0 aliphatic heterocycles. The van der Waals surface area contributed by atoms with Gasteiger partial charge in [0.15, 0.2) is 0 Å². The fraction of sp³-hybridized carbons (Fsp3) is 1.00. The molecule has 0 aliphatic rings. The number of hydrogen-bond donors (Lipinski definition) is 0. The Morgan fingerprint density at radius 3 is 1.00 bits per heavy atom. The molecule has 6 heteroatoms. The van der Waals surface area contributed by atoms with Crippen LogP contribution in [0.1, 0.15) is 183 Å². The highest BCUT2D eigenvalue weighted by molar-refractivity contribution is 8.76. The first-order valence-corrected chi connectivity index (χ1v) is 27.2. The maximum Gasteiger partial charge on any atom is 0.0717 e. The molecule has 2 unspecified atom stereocenters. The van der Waals surface area contributed by atoms with Crippen LogP contribution < -0.4 is 0 Å². The van der Waals surface area contributed by atoms with Gasteiger partial charge in [0.25, 0.3) is 0 Å². The van der Waals surface area contributed by atoms with Crippen LogP contribution in [-0.4, -0.2) is 53.8 Å². The van der Waals surface area contributed by atoms with Gasteiger partial charge in [-0.15, -0.1) is 0 Å². The summed E-state index contributed by atoms with van der Waals surface area (Å²) in [5.74, 6) is 2.63. The molecule has 0 N–H and O–H groups in total. The Morgan fingerprint density at radius 1 is 0.386 bits per heavy atom. The number of hydrogen-bond acceptors (Lipinski definition) is 4. The van der Waals surface area contributed by atoms with Crippen molar-refractivity contribution in [3.05, 3.63) is 0 Å². The molecule has 44 heavy (non-hydrogen) atoms. The van der Waals surface area contributed by atoms with Crippen molar-refractivity contribution >= 4 is 39.2 Å². The summed E-state index contributed by atoms with van der Waals surface area (Å²) >= 11 is 0. The van der Waals surface area contributed by atoms with Crippen LogP contribution in [0.15, 0.2) is 0 Å². The molecule has 0 aromatic carbocycles. The summed E-state index contributed by atoms with van der Waals surface area (Å²) in [6.45, 7) is 16.0. The highest BCUT2D eigenvalue weighted by Crippen LogP contribution is 2.27. The zero-order valence-corrected chi connectivity index (χ0v) is 35.1. The first-order valence-electron chi connectivity index (χ1n) is 20.2. The molecule has 0 radical (unpaired) electrons. The Kier molecular flexibility index (Phi) is 37.8. The quantitative estimate of drug-likeness (QED) is 0.0367. The van der Waals surface area contributed by atoms with Gasteiger partial charge in [-0.25, -0.2) is 0 Å². The van der Waals surface area contributed by atoms with Crippen LogP contribution >= 0.6 is 21.6 Å². The molecule has 0 rings (SSSR count). The van der Waals surface area contributed by atoms with E-state index in [-0.39, 0.29) is 0 Å². The van der Waals surface area contributed by atoms with Gasteiger partial charge in [-0.1, -0.05) is 190 Å². The van der Waals surface area contributed by atoms with Gasteiger partial charge in [0.05, 0.1) is 17.6 Å². The Balaban J connectivity index is 4.50. The first kappa shape index (κ1) is 45.1. The maximum atomic E-state index is 6.64. The Hall–Kier alpha value is 1.05. The van der Waals surface area contributed by atoms with Crippen LogP contribution in [0.4, 0.5) is 0 Å². The summed E-state index contributed by atoms with van der Waals surface area (Å²) < 4.78 is 13.3. The SMILES string of the molecule is CCCCC[SiH](CCCCC)C(CCCCSSCCCCC(OCCCC)[SiH](CCCCC)CCCCC)OCCCC. The summed E-state index contributed by atoms with van der Waals surface area (Å²) in [6.07, 6.45) is 30.0. The zero-order chi connectivity index (χ0) is 32.4. The predicted octanol–water partition coefficient (Wildman–Crippen LogP) is 13.4. The van der Waals surface area contributed by atoms with Gasteiger partial charge in [-0.2, -0.15) is 0 Å². The summed E-state index contributed by atoms with van der Waals surface area (Å²) in [7, 11) is 2.65. The fourth-order valence-corrected chi connectivity index (χ4v) is 16.3. The smallest absolute Gasteiger partial charge is 0.0717 e. The molecule has 0 aromatic rings. The normalized spacial score (nSPS) is 13.4. The average Bonchev–Trinajstić information content (AvgIpc) is 3.03. The number of unbranched alkanes of at least 4 members (excludes halogenated alkanes) is 12. The van der Waals surface area contributed by atoms with Gasteiger partial charge >= 0.3 is 0 Å². The Morgan fingerprint density at radius 2 is 0.705 bits per heavy atom. The summed E-state index contributed by atoms with van der Waals surface area (Å²) in [6, 6.07) is 6.07. The van der Waals surface area contributed by atoms with E-state index in [1.165, 1.54) is 177 Å². The molecule has 0 fully saturated rings. The predicted molar refractivity (Wildman–Crippen MR) is 214 cm³/mol. The molecule has 0 heterocycles. The lowest BCUT2D eigenvalue weighted by Crippen LogP contribution is -2.34. The summed E-state index contributed by atoms with van der Waals surface area (Å²) in [5.41, 5.74) is 1.27. The molecule has 0 spiro atoms. The summed E-state index contributed by atoms with van der Waals surface area (Å²) in [4.78, 5) is 0. The van der Waals surface area contributed by atoms with Crippen LogP contribution in [0, 0.1) is 0 Å². The average molecular weight is 691 g/mol. The van der Waals surface area contributed by atoms with E-state index >= 15 is 0 Å². The molecule has 266 valence electrons. The van der Waals surface area contributed by atoms with Gasteiger partial charge in [-0.05, 0) is 38.5 Å². The standard InChI is InChI=1S/C38H82O2S2Si2/c1-7-13-23-33-43(34-24-14-8-2)37(39-29-17-11-5)27-19-21-31-41-42-32-22-20-28-38(40-30-18-12-6)44(35-25-15-9-3)36-26-16-10-4/h37-38,43-44H,7-36H2,1-6H3. The van der Waals surface area contributed by atoms with Crippen molar-refractivity contribution in [2.75, 3.05) is 24.7 Å². The van der Waals surface area contributed by atoms with Gasteiger partial charge in [0.1, 0.15) is 0 Å². The lowest BCUT2D eigenvalue weighted by molar-refractivity contribution is 0.0914. The fourth-order valence-electron chi connectivity index (χ4n) is 6.46. The van der Waals surface area contributed by atoms with Crippen LogP contribution in [0.25, 0.3) is 0 Å². The molecule has 0 saturated carbocycles. The maximum absolute atomic E-state index is 6.64. The topological polar surface area (TPSA) is 18.5 Å². The molecular weight excluding hydrogens is 609 g/mol. The third-order valence-corrected chi connectivity index (χ3v) is 19.8. The molecular formula is C38H82O2S2Si2. The Labute approximate surface area is 290 Å². The van der Waals surface area contributed by atoms with Gasteiger partial charge in [0.2, 0.25) is 0 Å². The van der Waals surface area contributed by atoms with Crippen LogP contribution in [-0.2, 0) is 9.47 Å². The van der Waals surface area contributed by atoms with Crippen LogP contribution in [0.2, 0.25) is 24.2 Å². The van der Waals surface area contributed by atoms with Crippen molar-refractivity contribution in [3.8, 4) is 0 Å². The second-order valence-corrected chi connectivity index (χ2v) is 23.2. The third kappa shape index (κ3) is 28.1. The molecule has 0 bridgehead atoms. The van der Waals surface area contributed by atoms with E-state index in [1.54, 1.807) is 0 Å². The highest BCUT2D eigenvalue weighted by Gasteiger charge is 2.24. The number of rotatable bonds is 37. The molecule has 0 saturated heterocycles. The first-order chi connectivity index (χ1) is 21.7. The second kappa shape index (κ2) is 36.9.